The van der Waals surface area contributed by atoms with Gasteiger partial charge in [-0.25, -0.2) is 4.79 Å². The zero-order valence-corrected chi connectivity index (χ0v) is 27.7. The Hall–Kier alpha value is -3.49. The van der Waals surface area contributed by atoms with Gasteiger partial charge in [0, 0.05) is 65.7 Å². The standard InChI is InChI=1S/C34H42Cl2N4O4/c1-6-7-25-20(3)28(16-30-24(10-12-35)19(2)18-37-30)39-31(25)17-29-22(8-9-32(41)44-5)14-23(38-29)15-27-21(4)26(11-13-36)33(40-27)34(42)43/h14,17-18,37,39-40H,6-13,15-16H2,1-5H3,(H,42,43)/b29-17-. The first-order valence-electron chi connectivity index (χ1n) is 15.1. The van der Waals surface area contributed by atoms with Gasteiger partial charge in [0.2, 0.25) is 0 Å². The molecule has 0 aromatic carbocycles. The maximum absolute atomic E-state index is 12.1. The summed E-state index contributed by atoms with van der Waals surface area (Å²) in [5.74, 6) is -0.385. The van der Waals surface area contributed by atoms with Crippen molar-refractivity contribution in [3.05, 3.63) is 85.4 Å². The van der Waals surface area contributed by atoms with Crippen molar-refractivity contribution in [2.24, 2.45) is 4.99 Å². The molecule has 44 heavy (non-hydrogen) atoms. The molecule has 10 heteroatoms. The quantitative estimate of drug-likeness (QED) is 0.103. The number of nitrogens with zero attached hydrogens (tertiary/aromatic N) is 1. The molecule has 236 valence electrons. The molecule has 8 nitrogen and oxygen atoms in total. The zero-order chi connectivity index (χ0) is 32.0. The summed E-state index contributed by atoms with van der Waals surface area (Å²) < 4.78 is 4.91. The number of ether oxygens (including phenoxy) is 1. The Balaban J connectivity index is 1.72. The van der Waals surface area contributed by atoms with E-state index in [1.165, 1.54) is 35.1 Å². The highest BCUT2D eigenvalue weighted by molar-refractivity contribution is 6.18. The zero-order valence-electron chi connectivity index (χ0n) is 26.2. The lowest BCUT2D eigenvalue weighted by molar-refractivity contribution is -0.140. The van der Waals surface area contributed by atoms with Gasteiger partial charge in [-0.15, -0.1) is 23.2 Å². The van der Waals surface area contributed by atoms with Crippen molar-refractivity contribution in [2.45, 2.75) is 79.1 Å². The fourth-order valence-corrected chi connectivity index (χ4v) is 6.41. The highest BCUT2D eigenvalue weighted by atomic mass is 35.5. The largest absolute Gasteiger partial charge is 0.477 e. The molecule has 3 aromatic heterocycles. The molecule has 0 fully saturated rings. The third kappa shape index (κ3) is 7.41. The molecule has 4 heterocycles. The monoisotopic (exact) mass is 640 g/mol. The highest BCUT2D eigenvalue weighted by Gasteiger charge is 2.23. The summed E-state index contributed by atoms with van der Waals surface area (Å²) in [6, 6.07) is 0. The Morgan fingerprint density at radius 1 is 0.932 bits per heavy atom. The van der Waals surface area contributed by atoms with Gasteiger partial charge in [-0.05, 0) is 97.6 Å². The predicted molar refractivity (Wildman–Crippen MR) is 178 cm³/mol. The van der Waals surface area contributed by atoms with Crippen LogP contribution >= 0.6 is 23.2 Å². The summed E-state index contributed by atoms with van der Waals surface area (Å²) in [5, 5.41) is 9.73. The van der Waals surface area contributed by atoms with Crippen molar-refractivity contribution < 1.29 is 19.4 Å². The number of carboxylic acids is 1. The lowest BCUT2D eigenvalue weighted by Gasteiger charge is -2.05. The van der Waals surface area contributed by atoms with Crippen molar-refractivity contribution in [2.75, 3.05) is 18.9 Å². The van der Waals surface area contributed by atoms with Crippen LogP contribution in [0, 0.1) is 20.8 Å². The number of carbonyl (C=O) groups excluding carboxylic acids is 1. The number of H-pyrrole nitrogens is 3. The van der Waals surface area contributed by atoms with Gasteiger partial charge in [0.15, 0.2) is 0 Å². The number of aromatic nitrogens is 3. The molecule has 3 aromatic rings. The minimum Gasteiger partial charge on any atom is -0.477 e. The van der Waals surface area contributed by atoms with Crippen LogP contribution in [0.5, 0.6) is 0 Å². The molecule has 1 aliphatic heterocycles. The normalized spacial score (nSPS) is 13.9. The van der Waals surface area contributed by atoms with Crippen LogP contribution in [0.25, 0.3) is 6.08 Å². The van der Waals surface area contributed by atoms with Crippen molar-refractivity contribution in [3.63, 3.8) is 0 Å². The van der Waals surface area contributed by atoms with E-state index < -0.39 is 5.97 Å². The Bertz CT molecular complexity index is 1620. The number of aromatic carboxylic acids is 1. The molecular weight excluding hydrogens is 599 g/mol. The lowest BCUT2D eigenvalue weighted by Crippen LogP contribution is -2.02. The molecule has 1 aliphatic rings. The summed E-state index contributed by atoms with van der Waals surface area (Å²) in [5.41, 5.74) is 13.4. The maximum atomic E-state index is 12.1. The molecule has 0 atom stereocenters. The number of halogens is 2. The molecule has 0 radical (unpaired) electrons. The molecular formula is C34H42Cl2N4O4. The summed E-state index contributed by atoms with van der Waals surface area (Å²) in [6.07, 6.45) is 11.2. The molecule has 0 unspecified atom stereocenters. The number of hydrogen-bond donors (Lipinski definition) is 4. The number of allylic oxidation sites excluding steroid dienone is 2. The van der Waals surface area contributed by atoms with E-state index in [9.17, 15) is 14.7 Å². The number of rotatable bonds is 15. The molecule has 0 amide bonds. The Morgan fingerprint density at radius 2 is 1.61 bits per heavy atom. The minimum absolute atomic E-state index is 0.174. The number of hydrogen-bond acceptors (Lipinski definition) is 4. The van der Waals surface area contributed by atoms with E-state index in [1.807, 2.05) is 19.2 Å². The molecule has 0 saturated heterocycles. The van der Waals surface area contributed by atoms with Gasteiger partial charge in [-0.1, -0.05) is 13.3 Å². The lowest BCUT2D eigenvalue weighted by atomic mass is 10.00. The second-order valence-electron chi connectivity index (χ2n) is 11.3. The summed E-state index contributed by atoms with van der Waals surface area (Å²) >= 11 is 12.1. The molecule has 4 rings (SSSR count). The summed E-state index contributed by atoms with van der Waals surface area (Å²) in [4.78, 5) is 39.2. The number of esters is 1. The van der Waals surface area contributed by atoms with Crippen LogP contribution < -0.4 is 0 Å². The third-order valence-corrected chi connectivity index (χ3v) is 8.84. The second kappa shape index (κ2) is 15.0. The van der Waals surface area contributed by atoms with Gasteiger partial charge in [-0.3, -0.25) is 9.79 Å². The Kier molecular flexibility index (Phi) is 11.4. The van der Waals surface area contributed by atoms with Crippen molar-refractivity contribution in [3.8, 4) is 0 Å². The first kappa shape index (κ1) is 33.4. The van der Waals surface area contributed by atoms with Crippen LogP contribution in [0.15, 0.2) is 28.5 Å². The first-order valence-corrected chi connectivity index (χ1v) is 16.2. The molecule has 0 saturated carbocycles. The third-order valence-electron chi connectivity index (χ3n) is 8.46. The molecule has 4 N–H and O–H groups in total. The van der Waals surface area contributed by atoms with Gasteiger partial charge >= 0.3 is 11.9 Å². The SMILES string of the molecule is CCCc1c(/C=C2\N=C(Cc3[nH]c(C(=O)O)c(CCCl)c3C)C=C2CCC(=O)OC)[nH]c(Cc2[nH]cc(C)c2CCCl)c1C. The molecule has 0 bridgehead atoms. The number of aromatic amines is 3. The fourth-order valence-electron chi connectivity index (χ4n) is 6.03. The van der Waals surface area contributed by atoms with Crippen LogP contribution in [0.2, 0.25) is 0 Å². The average Bonchev–Trinajstić information content (AvgIpc) is 3.71. The second-order valence-corrected chi connectivity index (χ2v) is 12.1. The van der Waals surface area contributed by atoms with E-state index in [-0.39, 0.29) is 18.1 Å². The maximum Gasteiger partial charge on any atom is 0.352 e. The van der Waals surface area contributed by atoms with Gasteiger partial charge in [0.25, 0.3) is 0 Å². The number of aryl methyl sites for hydroxylation is 1. The first-order chi connectivity index (χ1) is 21.1. The van der Waals surface area contributed by atoms with E-state index in [0.717, 1.165) is 70.9 Å². The Morgan fingerprint density at radius 3 is 2.27 bits per heavy atom. The van der Waals surface area contributed by atoms with Crippen LogP contribution in [0.3, 0.4) is 0 Å². The minimum atomic E-state index is -1.01. The van der Waals surface area contributed by atoms with E-state index in [0.29, 0.717) is 31.0 Å². The van der Waals surface area contributed by atoms with Crippen molar-refractivity contribution in [1.29, 1.82) is 0 Å². The van der Waals surface area contributed by atoms with Crippen molar-refractivity contribution >= 4 is 46.9 Å². The van der Waals surface area contributed by atoms with Crippen molar-refractivity contribution in [1.82, 2.24) is 15.0 Å². The number of alkyl halides is 2. The average molecular weight is 642 g/mol. The van der Waals surface area contributed by atoms with E-state index in [2.05, 4.69) is 41.8 Å². The van der Waals surface area contributed by atoms with Gasteiger partial charge < -0.3 is 24.8 Å². The van der Waals surface area contributed by atoms with Crippen LogP contribution in [0.4, 0.5) is 0 Å². The Labute approximate surface area is 269 Å². The number of carbonyl (C=O) groups is 2. The fraction of sp³-hybridized carbons (Fsp3) is 0.441. The van der Waals surface area contributed by atoms with Crippen LogP contribution in [0.1, 0.15) is 92.8 Å². The summed E-state index contributed by atoms with van der Waals surface area (Å²) in [6.45, 7) is 8.36. The van der Waals surface area contributed by atoms with E-state index in [1.54, 1.807) is 0 Å². The molecule has 0 spiro atoms. The van der Waals surface area contributed by atoms with Gasteiger partial charge in [0.1, 0.15) is 5.69 Å². The van der Waals surface area contributed by atoms with E-state index >= 15 is 0 Å². The van der Waals surface area contributed by atoms with Gasteiger partial charge in [0.05, 0.1) is 12.8 Å². The van der Waals surface area contributed by atoms with Crippen LogP contribution in [-0.4, -0.2) is 56.6 Å². The predicted octanol–water partition coefficient (Wildman–Crippen LogP) is 7.32. The number of carboxylic acid groups (broad SMARTS) is 1. The molecule has 0 aliphatic carbocycles. The topological polar surface area (TPSA) is 123 Å². The van der Waals surface area contributed by atoms with Gasteiger partial charge in [-0.2, -0.15) is 0 Å². The number of nitrogens with one attached hydrogen (secondary N) is 3. The smallest absolute Gasteiger partial charge is 0.352 e. The summed E-state index contributed by atoms with van der Waals surface area (Å²) in [7, 11) is 1.39. The van der Waals surface area contributed by atoms with E-state index in [4.69, 9.17) is 32.9 Å². The number of aliphatic imine (C=N–C) groups is 1. The van der Waals surface area contributed by atoms with Crippen LogP contribution in [-0.2, 0) is 41.6 Å². The number of methoxy groups -OCH3 is 1. The highest BCUT2D eigenvalue weighted by Crippen LogP contribution is 2.32.